The Morgan fingerprint density at radius 2 is 2.19 bits per heavy atom. The van der Waals surface area contributed by atoms with Crippen molar-refractivity contribution in [3.63, 3.8) is 0 Å². The van der Waals surface area contributed by atoms with Gasteiger partial charge in [-0.2, -0.15) is 0 Å². The first-order chi connectivity index (χ1) is 7.37. The van der Waals surface area contributed by atoms with E-state index in [4.69, 9.17) is 5.11 Å². The molecule has 0 radical (unpaired) electrons. The van der Waals surface area contributed by atoms with E-state index in [9.17, 15) is 4.79 Å². The van der Waals surface area contributed by atoms with Crippen molar-refractivity contribution in [2.45, 2.75) is 65.0 Å². The van der Waals surface area contributed by atoms with Crippen molar-refractivity contribution in [2.75, 3.05) is 7.05 Å². The van der Waals surface area contributed by atoms with E-state index in [1.165, 1.54) is 12.8 Å². The molecule has 0 aliphatic heterocycles. The molecule has 0 aromatic rings. The van der Waals surface area contributed by atoms with Crippen molar-refractivity contribution in [2.24, 2.45) is 5.41 Å². The van der Waals surface area contributed by atoms with Gasteiger partial charge in [-0.25, -0.2) is 0 Å². The molecule has 16 heavy (non-hydrogen) atoms. The molecule has 1 fully saturated rings. The van der Waals surface area contributed by atoms with Crippen LogP contribution in [0, 0.1) is 5.41 Å². The van der Waals surface area contributed by atoms with Crippen LogP contribution in [-0.2, 0) is 4.79 Å². The van der Waals surface area contributed by atoms with E-state index in [1.807, 2.05) is 14.0 Å². The third-order valence-electron chi connectivity index (χ3n) is 3.92. The summed E-state index contributed by atoms with van der Waals surface area (Å²) in [5, 5.41) is 9.16. The molecule has 3 heteroatoms. The molecule has 2 atom stereocenters. The average Bonchev–Trinajstić information content (AvgIpc) is 2.16. The summed E-state index contributed by atoms with van der Waals surface area (Å²) in [5.41, 5.74) is 0.369. The Balaban J connectivity index is 2.65. The molecule has 0 spiro atoms. The van der Waals surface area contributed by atoms with Gasteiger partial charge in [-0.15, -0.1) is 0 Å². The SMILES string of the molecule is CCC(C(=O)O)N(C)C1CCCC(C)(C)C1. The predicted molar refractivity (Wildman–Crippen MR) is 65.5 cm³/mol. The average molecular weight is 227 g/mol. The fraction of sp³-hybridized carbons (Fsp3) is 0.923. The first-order valence-electron chi connectivity index (χ1n) is 6.32. The first kappa shape index (κ1) is 13.5. The monoisotopic (exact) mass is 227 g/mol. The summed E-state index contributed by atoms with van der Waals surface area (Å²) in [6.45, 7) is 6.52. The zero-order valence-electron chi connectivity index (χ0n) is 11.0. The number of hydrogen-bond acceptors (Lipinski definition) is 2. The van der Waals surface area contributed by atoms with Gasteiger partial charge in [0, 0.05) is 6.04 Å². The number of rotatable bonds is 4. The summed E-state index contributed by atoms with van der Waals surface area (Å²) >= 11 is 0. The number of aliphatic carboxylic acids is 1. The van der Waals surface area contributed by atoms with Gasteiger partial charge in [0.1, 0.15) is 6.04 Å². The smallest absolute Gasteiger partial charge is 0.320 e. The van der Waals surface area contributed by atoms with Crippen LogP contribution in [0.4, 0.5) is 0 Å². The molecule has 0 heterocycles. The molecule has 1 saturated carbocycles. The summed E-state index contributed by atoms with van der Waals surface area (Å²) < 4.78 is 0. The molecule has 0 bridgehead atoms. The number of likely N-dealkylation sites (N-methyl/N-ethyl adjacent to an activating group) is 1. The number of carboxylic acid groups (broad SMARTS) is 1. The van der Waals surface area contributed by atoms with Crippen LogP contribution in [0.1, 0.15) is 52.9 Å². The maximum atomic E-state index is 11.1. The van der Waals surface area contributed by atoms with Gasteiger partial charge < -0.3 is 5.11 Å². The lowest BCUT2D eigenvalue weighted by Crippen LogP contribution is -2.47. The number of carbonyl (C=O) groups is 1. The predicted octanol–water partition coefficient (Wildman–Crippen LogP) is 2.75. The Labute approximate surface area is 98.8 Å². The Kier molecular flexibility index (Phi) is 4.36. The van der Waals surface area contributed by atoms with E-state index in [2.05, 4.69) is 18.7 Å². The highest BCUT2D eigenvalue weighted by Crippen LogP contribution is 2.37. The molecule has 3 nitrogen and oxygen atoms in total. The van der Waals surface area contributed by atoms with Crippen LogP contribution in [0.25, 0.3) is 0 Å². The van der Waals surface area contributed by atoms with Gasteiger partial charge in [0.25, 0.3) is 0 Å². The zero-order chi connectivity index (χ0) is 12.3. The lowest BCUT2D eigenvalue weighted by Gasteiger charge is -2.41. The second-order valence-corrected chi connectivity index (χ2v) is 5.84. The van der Waals surface area contributed by atoms with Crippen LogP contribution in [-0.4, -0.2) is 35.1 Å². The van der Waals surface area contributed by atoms with E-state index in [-0.39, 0.29) is 6.04 Å². The summed E-state index contributed by atoms with van der Waals surface area (Å²) in [6, 6.07) is 0.115. The van der Waals surface area contributed by atoms with Crippen molar-refractivity contribution >= 4 is 5.97 Å². The molecule has 1 N–H and O–H groups in total. The molecule has 1 aliphatic rings. The topological polar surface area (TPSA) is 40.5 Å². The molecule has 0 saturated heterocycles. The second kappa shape index (κ2) is 5.17. The summed E-state index contributed by atoms with van der Waals surface area (Å²) in [5.74, 6) is -0.687. The van der Waals surface area contributed by atoms with Crippen LogP contribution in [0.2, 0.25) is 0 Å². The normalized spacial score (nSPS) is 26.7. The fourth-order valence-corrected chi connectivity index (χ4v) is 2.90. The molecule has 0 aromatic heterocycles. The number of hydrogen-bond donors (Lipinski definition) is 1. The van der Waals surface area contributed by atoms with E-state index in [0.29, 0.717) is 17.9 Å². The lowest BCUT2D eigenvalue weighted by atomic mass is 9.74. The van der Waals surface area contributed by atoms with Gasteiger partial charge in [0.05, 0.1) is 0 Å². The van der Waals surface area contributed by atoms with E-state index in [1.54, 1.807) is 0 Å². The molecule has 2 unspecified atom stereocenters. The van der Waals surface area contributed by atoms with Gasteiger partial charge in [-0.05, 0) is 38.1 Å². The fourth-order valence-electron chi connectivity index (χ4n) is 2.90. The van der Waals surface area contributed by atoms with Crippen molar-refractivity contribution in [1.82, 2.24) is 4.90 Å². The minimum atomic E-state index is -0.687. The highest BCUT2D eigenvalue weighted by atomic mass is 16.4. The van der Waals surface area contributed by atoms with Crippen LogP contribution in [0.15, 0.2) is 0 Å². The van der Waals surface area contributed by atoms with Crippen molar-refractivity contribution in [3.05, 3.63) is 0 Å². The van der Waals surface area contributed by atoms with Crippen LogP contribution < -0.4 is 0 Å². The molecular weight excluding hydrogens is 202 g/mol. The van der Waals surface area contributed by atoms with Crippen LogP contribution in [0.5, 0.6) is 0 Å². The Bertz CT molecular complexity index is 250. The Morgan fingerprint density at radius 1 is 1.56 bits per heavy atom. The maximum absolute atomic E-state index is 11.1. The minimum Gasteiger partial charge on any atom is -0.480 e. The van der Waals surface area contributed by atoms with Crippen LogP contribution >= 0.6 is 0 Å². The van der Waals surface area contributed by atoms with Crippen molar-refractivity contribution < 1.29 is 9.90 Å². The molecule has 0 amide bonds. The minimum absolute atomic E-state index is 0.320. The lowest BCUT2D eigenvalue weighted by molar-refractivity contribution is -0.144. The number of nitrogens with zero attached hydrogens (tertiary/aromatic N) is 1. The maximum Gasteiger partial charge on any atom is 0.320 e. The second-order valence-electron chi connectivity index (χ2n) is 5.84. The summed E-state index contributed by atoms with van der Waals surface area (Å²) in [7, 11) is 1.97. The van der Waals surface area contributed by atoms with Gasteiger partial charge in [-0.3, -0.25) is 9.69 Å². The highest BCUT2D eigenvalue weighted by molar-refractivity contribution is 5.73. The van der Waals surface area contributed by atoms with Gasteiger partial charge in [0.2, 0.25) is 0 Å². The Morgan fingerprint density at radius 3 is 2.62 bits per heavy atom. The quantitative estimate of drug-likeness (QED) is 0.803. The highest BCUT2D eigenvalue weighted by Gasteiger charge is 2.34. The Hall–Kier alpha value is -0.570. The molecule has 1 rings (SSSR count). The standard InChI is InChI=1S/C13H25NO2/c1-5-11(12(15)16)14(4)10-7-6-8-13(2,3)9-10/h10-11H,5-9H2,1-4H3,(H,15,16). The van der Waals surface area contributed by atoms with E-state index < -0.39 is 5.97 Å². The summed E-state index contributed by atoms with van der Waals surface area (Å²) in [6.07, 6.45) is 5.43. The summed E-state index contributed by atoms with van der Waals surface area (Å²) in [4.78, 5) is 13.2. The van der Waals surface area contributed by atoms with Gasteiger partial charge in [0.15, 0.2) is 0 Å². The van der Waals surface area contributed by atoms with E-state index >= 15 is 0 Å². The van der Waals surface area contributed by atoms with Gasteiger partial charge in [-0.1, -0.05) is 27.2 Å². The molecule has 0 aromatic carbocycles. The molecule has 1 aliphatic carbocycles. The van der Waals surface area contributed by atoms with Gasteiger partial charge >= 0.3 is 5.97 Å². The molecule has 94 valence electrons. The van der Waals surface area contributed by atoms with E-state index in [0.717, 1.165) is 12.8 Å². The largest absolute Gasteiger partial charge is 0.480 e. The third kappa shape index (κ3) is 3.21. The van der Waals surface area contributed by atoms with Crippen LogP contribution in [0.3, 0.4) is 0 Å². The zero-order valence-corrected chi connectivity index (χ0v) is 11.0. The first-order valence-corrected chi connectivity index (χ1v) is 6.32. The van der Waals surface area contributed by atoms with Crippen molar-refractivity contribution in [3.8, 4) is 0 Å². The third-order valence-corrected chi connectivity index (χ3v) is 3.92. The molecular formula is C13H25NO2. The van der Waals surface area contributed by atoms with Crippen molar-refractivity contribution in [1.29, 1.82) is 0 Å². The number of carboxylic acids is 1.